The molecule has 3 amide bonds. The monoisotopic (exact) mass is 287 g/mol. The molecule has 1 aromatic carbocycles. The number of nitrogens with one attached hydrogen (secondary N) is 2. The van der Waals surface area contributed by atoms with Crippen molar-refractivity contribution in [1.29, 1.82) is 0 Å². The molecule has 0 saturated carbocycles. The normalized spacial score (nSPS) is 14.9. The van der Waals surface area contributed by atoms with Crippen molar-refractivity contribution in [3.8, 4) is 0 Å². The van der Waals surface area contributed by atoms with Crippen molar-refractivity contribution in [3.63, 3.8) is 0 Å². The van der Waals surface area contributed by atoms with Crippen LogP contribution in [0, 0.1) is 0 Å². The van der Waals surface area contributed by atoms with Crippen LogP contribution in [0.15, 0.2) is 30.3 Å². The Labute approximate surface area is 122 Å². The fourth-order valence-corrected chi connectivity index (χ4v) is 1.99. The van der Waals surface area contributed by atoms with Crippen LogP contribution in [0.25, 0.3) is 6.08 Å². The van der Waals surface area contributed by atoms with Gasteiger partial charge in [-0.25, -0.2) is 0 Å². The first-order valence-corrected chi connectivity index (χ1v) is 6.66. The van der Waals surface area contributed by atoms with Gasteiger partial charge in [0.1, 0.15) is 0 Å². The van der Waals surface area contributed by atoms with Crippen LogP contribution < -0.4 is 10.6 Å². The van der Waals surface area contributed by atoms with Crippen LogP contribution in [-0.4, -0.2) is 49.3 Å². The summed E-state index contributed by atoms with van der Waals surface area (Å²) < 4.78 is 0. The topological polar surface area (TPSA) is 78.5 Å². The van der Waals surface area contributed by atoms with Crippen LogP contribution in [0.3, 0.4) is 0 Å². The third kappa shape index (κ3) is 3.92. The second kappa shape index (κ2) is 6.69. The van der Waals surface area contributed by atoms with Crippen LogP contribution >= 0.6 is 0 Å². The number of amides is 3. The third-order valence-electron chi connectivity index (χ3n) is 3.17. The average molecular weight is 287 g/mol. The zero-order valence-corrected chi connectivity index (χ0v) is 11.8. The molecule has 1 aromatic rings. The number of carbonyl (C=O) groups excluding carboxylic acids is 3. The molecular weight excluding hydrogens is 270 g/mol. The molecule has 6 nitrogen and oxygen atoms in total. The quantitative estimate of drug-likeness (QED) is 0.769. The van der Waals surface area contributed by atoms with Crippen molar-refractivity contribution < 1.29 is 14.4 Å². The summed E-state index contributed by atoms with van der Waals surface area (Å²) in [6.45, 7) is 1.10. The highest BCUT2D eigenvalue weighted by molar-refractivity contribution is 5.96. The van der Waals surface area contributed by atoms with E-state index in [9.17, 15) is 14.4 Å². The molecule has 0 bridgehead atoms. The molecule has 0 spiro atoms. The predicted molar refractivity (Wildman–Crippen MR) is 78.5 cm³/mol. The maximum absolute atomic E-state index is 11.9. The molecule has 110 valence electrons. The molecule has 1 saturated heterocycles. The summed E-state index contributed by atoms with van der Waals surface area (Å²) in [5.74, 6) is -0.487. The van der Waals surface area contributed by atoms with Gasteiger partial charge in [-0.2, -0.15) is 0 Å². The van der Waals surface area contributed by atoms with E-state index in [1.807, 2.05) is 0 Å². The molecule has 1 fully saturated rings. The van der Waals surface area contributed by atoms with Gasteiger partial charge >= 0.3 is 0 Å². The molecule has 0 radical (unpaired) electrons. The summed E-state index contributed by atoms with van der Waals surface area (Å²) in [5, 5.41) is 5.21. The van der Waals surface area contributed by atoms with Crippen LogP contribution in [0.2, 0.25) is 0 Å². The van der Waals surface area contributed by atoms with E-state index in [1.54, 1.807) is 37.4 Å². The van der Waals surface area contributed by atoms with Gasteiger partial charge in [-0.3, -0.25) is 14.4 Å². The standard InChI is InChI=1S/C15H17N3O3/c1-16-15(21)12-5-2-11(3-6-12)4-7-14(20)18-9-8-17-13(19)10-18/h2-7H,8-10H2,1H3,(H,16,21)(H,17,19). The van der Waals surface area contributed by atoms with E-state index < -0.39 is 0 Å². The number of hydrogen-bond acceptors (Lipinski definition) is 3. The lowest BCUT2D eigenvalue weighted by atomic mass is 10.1. The van der Waals surface area contributed by atoms with Gasteiger partial charge in [0.2, 0.25) is 11.8 Å². The van der Waals surface area contributed by atoms with Gasteiger partial charge in [-0.05, 0) is 23.8 Å². The number of carbonyl (C=O) groups is 3. The highest BCUT2D eigenvalue weighted by atomic mass is 16.2. The van der Waals surface area contributed by atoms with Crippen molar-refractivity contribution in [2.45, 2.75) is 0 Å². The molecule has 1 aliphatic rings. The number of nitrogens with zero attached hydrogens (tertiary/aromatic N) is 1. The maximum Gasteiger partial charge on any atom is 0.251 e. The predicted octanol–water partition coefficient (Wildman–Crippen LogP) is 0.0178. The molecule has 0 unspecified atom stereocenters. The largest absolute Gasteiger partial charge is 0.355 e. The average Bonchev–Trinajstić information content (AvgIpc) is 2.52. The second-order valence-electron chi connectivity index (χ2n) is 4.64. The van der Waals surface area contributed by atoms with Gasteiger partial charge in [-0.1, -0.05) is 12.1 Å². The van der Waals surface area contributed by atoms with E-state index in [4.69, 9.17) is 0 Å². The molecule has 0 atom stereocenters. The minimum atomic E-state index is -0.194. The van der Waals surface area contributed by atoms with Crippen LogP contribution in [0.5, 0.6) is 0 Å². The minimum absolute atomic E-state index is 0.0960. The van der Waals surface area contributed by atoms with E-state index in [-0.39, 0.29) is 24.3 Å². The van der Waals surface area contributed by atoms with Crippen molar-refractivity contribution in [3.05, 3.63) is 41.5 Å². The van der Waals surface area contributed by atoms with Gasteiger partial charge in [-0.15, -0.1) is 0 Å². The number of piperazine rings is 1. The molecule has 2 N–H and O–H groups in total. The Morgan fingerprint density at radius 3 is 2.62 bits per heavy atom. The molecule has 1 aliphatic heterocycles. The highest BCUT2D eigenvalue weighted by Crippen LogP contribution is 2.07. The number of hydrogen-bond donors (Lipinski definition) is 2. The van der Waals surface area contributed by atoms with Crippen LogP contribution in [-0.2, 0) is 9.59 Å². The van der Waals surface area contributed by atoms with Gasteiger partial charge in [0.25, 0.3) is 5.91 Å². The van der Waals surface area contributed by atoms with Gasteiger partial charge in [0.05, 0.1) is 6.54 Å². The molecule has 6 heteroatoms. The molecule has 2 rings (SSSR count). The van der Waals surface area contributed by atoms with Crippen LogP contribution in [0.1, 0.15) is 15.9 Å². The summed E-state index contributed by atoms with van der Waals surface area (Å²) in [5.41, 5.74) is 1.38. The smallest absolute Gasteiger partial charge is 0.251 e. The second-order valence-corrected chi connectivity index (χ2v) is 4.64. The molecular formula is C15H17N3O3. The summed E-state index contributed by atoms with van der Waals surface area (Å²) in [6, 6.07) is 6.91. The van der Waals surface area contributed by atoms with E-state index in [0.717, 1.165) is 5.56 Å². The summed E-state index contributed by atoms with van der Waals surface area (Å²) in [4.78, 5) is 36.0. The molecule has 0 aromatic heterocycles. The Bertz CT molecular complexity index is 578. The SMILES string of the molecule is CNC(=O)c1ccc(C=CC(=O)N2CCNC(=O)C2)cc1. The number of rotatable bonds is 3. The van der Waals surface area contributed by atoms with Crippen molar-refractivity contribution in [2.24, 2.45) is 0 Å². The zero-order chi connectivity index (χ0) is 15.2. The Balaban J connectivity index is 1.98. The Hall–Kier alpha value is -2.63. The van der Waals surface area contributed by atoms with Crippen molar-refractivity contribution in [1.82, 2.24) is 15.5 Å². The molecule has 0 aliphatic carbocycles. The van der Waals surface area contributed by atoms with E-state index >= 15 is 0 Å². The number of benzene rings is 1. The maximum atomic E-state index is 11.9. The third-order valence-corrected chi connectivity index (χ3v) is 3.17. The highest BCUT2D eigenvalue weighted by Gasteiger charge is 2.18. The fraction of sp³-hybridized carbons (Fsp3) is 0.267. The Morgan fingerprint density at radius 2 is 2.00 bits per heavy atom. The van der Waals surface area contributed by atoms with E-state index in [2.05, 4.69) is 10.6 Å². The fourth-order valence-electron chi connectivity index (χ4n) is 1.99. The van der Waals surface area contributed by atoms with Crippen LogP contribution in [0.4, 0.5) is 0 Å². The lowest BCUT2D eigenvalue weighted by Gasteiger charge is -2.25. The van der Waals surface area contributed by atoms with Gasteiger partial charge in [0.15, 0.2) is 0 Å². The van der Waals surface area contributed by atoms with Gasteiger partial charge < -0.3 is 15.5 Å². The lowest BCUT2D eigenvalue weighted by Crippen LogP contribution is -2.49. The first-order chi connectivity index (χ1) is 10.1. The summed E-state index contributed by atoms with van der Waals surface area (Å²) >= 11 is 0. The minimum Gasteiger partial charge on any atom is -0.355 e. The first kappa shape index (κ1) is 14.8. The molecule has 1 heterocycles. The summed E-state index contributed by atoms with van der Waals surface area (Å²) in [6.07, 6.45) is 3.11. The van der Waals surface area contributed by atoms with E-state index in [1.165, 1.54) is 11.0 Å². The van der Waals surface area contributed by atoms with E-state index in [0.29, 0.717) is 18.7 Å². The Kier molecular flexibility index (Phi) is 4.71. The zero-order valence-electron chi connectivity index (χ0n) is 11.8. The lowest BCUT2D eigenvalue weighted by molar-refractivity contribution is -0.134. The Morgan fingerprint density at radius 1 is 1.29 bits per heavy atom. The van der Waals surface area contributed by atoms with Crippen molar-refractivity contribution in [2.75, 3.05) is 26.7 Å². The van der Waals surface area contributed by atoms with Gasteiger partial charge in [0, 0.05) is 31.8 Å². The van der Waals surface area contributed by atoms with Crippen molar-refractivity contribution >= 4 is 23.8 Å². The molecule has 21 heavy (non-hydrogen) atoms. The first-order valence-electron chi connectivity index (χ1n) is 6.66. The summed E-state index contributed by atoms with van der Waals surface area (Å²) in [7, 11) is 1.57.